The number of aliphatic hydroxyl groups excluding tert-OH is 1. The van der Waals surface area contributed by atoms with Gasteiger partial charge in [0.25, 0.3) is 5.91 Å². The summed E-state index contributed by atoms with van der Waals surface area (Å²) in [5.41, 5.74) is 0.305. The molecule has 180 valence electrons. The molecular weight excluding hydrogens is 432 g/mol. The summed E-state index contributed by atoms with van der Waals surface area (Å²) in [7, 11) is -3.32. The topological polar surface area (TPSA) is 116 Å². The van der Waals surface area contributed by atoms with Crippen molar-refractivity contribution in [3.63, 3.8) is 0 Å². The number of aromatic nitrogens is 1. The van der Waals surface area contributed by atoms with Crippen LogP contribution in [0.1, 0.15) is 67.6 Å². The van der Waals surface area contributed by atoms with E-state index in [9.17, 15) is 13.2 Å². The van der Waals surface area contributed by atoms with Crippen LogP contribution < -0.4 is 5.32 Å². The van der Waals surface area contributed by atoms with Gasteiger partial charge in [-0.05, 0) is 63.5 Å². The maximum atomic E-state index is 13.0. The largest absolute Gasteiger partial charge is 0.396 e. The number of carbonyl (C=O) groups excluding carboxylic acids is 1. The Labute approximate surface area is 190 Å². The van der Waals surface area contributed by atoms with Crippen molar-refractivity contribution >= 4 is 15.9 Å². The minimum absolute atomic E-state index is 0.0256. The summed E-state index contributed by atoms with van der Waals surface area (Å²) in [5.74, 6) is 1.35. The Morgan fingerprint density at radius 2 is 1.97 bits per heavy atom. The van der Waals surface area contributed by atoms with Crippen LogP contribution >= 0.6 is 0 Å². The van der Waals surface area contributed by atoms with Gasteiger partial charge in [-0.3, -0.25) is 4.79 Å². The lowest BCUT2D eigenvalue weighted by atomic mass is 9.95. The van der Waals surface area contributed by atoms with Gasteiger partial charge in [-0.25, -0.2) is 12.7 Å². The first-order valence-corrected chi connectivity index (χ1v) is 13.5. The maximum Gasteiger partial charge on any atom is 0.273 e. The molecule has 2 saturated heterocycles. The van der Waals surface area contributed by atoms with Crippen molar-refractivity contribution < 1.29 is 22.8 Å². The summed E-state index contributed by atoms with van der Waals surface area (Å²) in [4.78, 5) is 14.9. The van der Waals surface area contributed by atoms with Crippen molar-refractivity contribution in [3.8, 4) is 0 Å². The third kappa shape index (κ3) is 5.89. The van der Waals surface area contributed by atoms with Crippen LogP contribution in [-0.4, -0.2) is 84.9 Å². The van der Waals surface area contributed by atoms with Crippen molar-refractivity contribution in [2.24, 2.45) is 11.8 Å². The average molecular weight is 469 g/mol. The highest BCUT2D eigenvalue weighted by Crippen LogP contribution is 2.40. The highest BCUT2D eigenvalue weighted by molar-refractivity contribution is 7.89. The van der Waals surface area contributed by atoms with Crippen molar-refractivity contribution in [2.45, 2.75) is 57.4 Å². The number of carbonyl (C=O) groups is 1. The fourth-order valence-electron chi connectivity index (χ4n) is 4.85. The van der Waals surface area contributed by atoms with Gasteiger partial charge in [0.15, 0.2) is 5.69 Å². The van der Waals surface area contributed by atoms with Crippen LogP contribution in [-0.2, 0) is 10.0 Å². The zero-order chi connectivity index (χ0) is 22.7. The van der Waals surface area contributed by atoms with Crippen LogP contribution in [0, 0.1) is 11.8 Å². The van der Waals surface area contributed by atoms with Gasteiger partial charge in [-0.15, -0.1) is 0 Å². The van der Waals surface area contributed by atoms with Crippen LogP contribution in [0.4, 0.5) is 0 Å². The second-order valence-electron chi connectivity index (χ2n) is 9.73. The number of hydrogen-bond acceptors (Lipinski definition) is 7. The molecule has 3 aliphatic rings. The number of nitrogens with one attached hydrogen (secondary N) is 1. The predicted molar refractivity (Wildman–Crippen MR) is 120 cm³/mol. The third-order valence-corrected chi connectivity index (χ3v) is 9.12. The van der Waals surface area contributed by atoms with Crippen LogP contribution in [0.5, 0.6) is 0 Å². The van der Waals surface area contributed by atoms with Crippen molar-refractivity contribution in [1.29, 1.82) is 0 Å². The monoisotopic (exact) mass is 468 g/mol. The first kappa shape index (κ1) is 23.7. The average Bonchev–Trinajstić information content (AvgIpc) is 3.50. The number of hydrogen-bond donors (Lipinski definition) is 2. The molecule has 2 aliphatic heterocycles. The van der Waals surface area contributed by atoms with E-state index in [0.29, 0.717) is 31.1 Å². The Hall–Kier alpha value is -1.49. The van der Waals surface area contributed by atoms with Crippen molar-refractivity contribution in [3.05, 3.63) is 17.5 Å². The quantitative estimate of drug-likeness (QED) is 0.563. The molecule has 1 amide bonds. The van der Waals surface area contributed by atoms with Gasteiger partial charge < -0.3 is 19.8 Å². The first-order valence-electron chi connectivity index (χ1n) is 11.9. The minimum Gasteiger partial charge on any atom is -0.396 e. The number of piperidine rings is 2. The Morgan fingerprint density at radius 1 is 1.22 bits per heavy atom. The van der Waals surface area contributed by atoms with Crippen LogP contribution in [0.2, 0.25) is 0 Å². The molecule has 9 nitrogen and oxygen atoms in total. The van der Waals surface area contributed by atoms with Gasteiger partial charge >= 0.3 is 0 Å². The molecule has 0 spiro atoms. The Balaban J connectivity index is 1.24. The van der Waals surface area contributed by atoms with E-state index < -0.39 is 10.0 Å². The summed E-state index contributed by atoms with van der Waals surface area (Å²) >= 11 is 0. The van der Waals surface area contributed by atoms with Crippen LogP contribution in [0.25, 0.3) is 0 Å². The van der Waals surface area contributed by atoms with E-state index in [2.05, 4.69) is 15.4 Å². The number of rotatable bonds is 9. The van der Waals surface area contributed by atoms with E-state index in [1.54, 1.807) is 10.4 Å². The molecular formula is C22H36N4O5S. The van der Waals surface area contributed by atoms with E-state index >= 15 is 0 Å². The molecule has 1 saturated carbocycles. The molecule has 0 aromatic carbocycles. The molecule has 2 atom stereocenters. The molecule has 1 aromatic rings. The molecule has 1 aromatic heterocycles. The lowest BCUT2D eigenvalue weighted by molar-refractivity contribution is 0.0891. The zero-order valence-corrected chi connectivity index (χ0v) is 19.7. The third-order valence-electron chi connectivity index (χ3n) is 7.10. The molecule has 32 heavy (non-hydrogen) atoms. The van der Waals surface area contributed by atoms with E-state index in [1.165, 1.54) is 0 Å². The number of likely N-dealkylation sites (tertiary alicyclic amines) is 1. The van der Waals surface area contributed by atoms with Gasteiger partial charge in [-0.1, -0.05) is 12.1 Å². The zero-order valence-electron chi connectivity index (χ0n) is 18.9. The number of sulfonamides is 1. The van der Waals surface area contributed by atoms with Gasteiger partial charge in [-0.2, -0.15) is 0 Å². The lowest BCUT2D eigenvalue weighted by Gasteiger charge is -2.38. The molecule has 0 bridgehead atoms. The molecule has 1 aliphatic carbocycles. The van der Waals surface area contributed by atoms with E-state index in [4.69, 9.17) is 9.63 Å². The number of aliphatic hydroxyl groups is 1. The Morgan fingerprint density at radius 3 is 2.62 bits per heavy atom. The van der Waals surface area contributed by atoms with E-state index in [0.717, 1.165) is 57.5 Å². The highest BCUT2D eigenvalue weighted by Gasteiger charge is 2.36. The van der Waals surface area contributed by atoms with E-state index in [-0.39, 0.29) is 36.1 Å². The summed E-state index contributed by atoms with van der Waals surface area (Å²) in [6, 6.07) is 1.65. The standard InChI is InChI=1S/C22H36N4O5S/c1-16-14-26(32(29,30)15-17-5-9-25(10-6-17)8-2-12-27)11-7-19(16)23-22(28)20-13-21(31-24-20)18-3-4-18/h13,16-19,27H,2-12,14-15H2,1H3,(H,23,28)/t16-,19+/m0/s1. The van der Waals surface area contributed by atoms with Crippen LogP contribution in [0.3, 0.4) is 0 Å². The fourth-order valence-corrected chi connectivity index (χ4v) is 6.83. The number of nitrogens with zero attached hydrogens (tertiary/aromatic N) is 3. The van der Waals surface area contributed by atoms with Crippen molar-refractivity contribution in [2.75, 3.05) is 45.1 Å². The SMILES string of the molecule is C[C@H]1CN(S(=O)(=O)CC2CCN(CCCO)CC2)CC[C@H]1NC(=O)c1cc(C2CC2)on1. The lowest BCUT2D eigenvalue weighted by Crippen LogP contribution is -2.52. The molecule has 3 fully saturated rings. The molecule has 10 heteroatoms. The minimum atomic E-state index is -3.32. The second-order valence-corrected chi connectivity index (χ2v) is 11.7. The molecule has 4 rings (SSSR count). The summed E-state index contributed by atoms with van der Waals surface area (Å²) in [6.45, 7) is 5.72. The molecule has 0 unspecified atom stereocenters. The van der Waals surface area contributed by atoms with Crippen LogP contribution in [0.15, 0.2) is 10.6 Å². The second kappa shape index (κ2) is 10.2. The van der Waals surface area contributed by atoms with E-state index in [1.807, 2.05) is 6.92 Å². The molecule has 2 N–H and O–H groups in total. The smallest absolute Gasteiger partial charge is 0.273 e. The first-order chi connectivity index (χ1) is 15.4. The predicted octanol–water partition coefficient (Wildman–Crippen LogP) is 1.42. The number of amides is 1. The Kier molecular flexibility index (Phi) is 7.54. The molecule has 0 radical (unpaired) electrons. The molecule has 3 heterocycles. The maximum absolute atomic E-state index is 13.0. The van der Waals surface area contributed by atoms with Gasteiger partial charge in [0.2, 0.25) is 10.0 Å². The van der Waals surface area contributed by atoms with Gasteiger partial charge in [0, 0.05) is 44.3 Å². The van der Waals surface area contributed by atoms with Crippen molar-refractivity contribution in [1.82, 2.24) is 19.7 Å². The Bertz CT molecular complexity index is 877. The normalized spacial score (nSPS) is 26.3. The highest BCUT2D eigenvalue weighted by atomic mass is 32.2. The van der Waals surface area contributed by atoms with Gasteiger partial charge in [0.05, 0.1) is 5.75 Å². The summed E-state index contributed by atoms with van der Waals surface area (Å²) in [6.07, 6.45) is 5.30. The fraction of sp³-hybridized carbons (Fsp3) is 0.818. The summed E-state index contributed by atoms with van der Waals surface area (Å²) < 4.78 is 33.0. The summed E-state index contributed by atoms with van der Waals surface area (Å²) in [5, 5.41) is 15.9. The van der Waals surface area contributed by atoms with Gasteiger partial charge in [0.1, 0.15) is 5.76 Å².